The maximum Gasteiger partial charge on any atom is 0.305 e. The minimum absolute atomic E-state index is 0.000166. The third-order valence-corrected chi connectivity index (χ3v) is 5.74. The highest BCUT2D eigenvalue weighted by Gasteiger charge is 2.37. The molecule has 1 aliphatic heterocycles. The average Bonchev–Trinajstić information content (AvgIpc) is 2.84. The first kappa shape index (κ1) is 15.8. The van der Waals surface area contributed by atoms with Crippen LogP contribution in [0.4, 0.5) is 0 Å². The molecule has 1 unspecified atom stereocenters. The number of carbonyl (C=O) groups excluding carboxylic acids is 1. The molecule has 1 saturated heterocycles. The van der Waals surface area contributed by atoms with E-state index in [4.69, 9.17) is 5.11 Å². The van der Waals surface area contributed by atoms with Crippen LogP contribution in [0.3, 0.4) is 0 Å². The molecule has 1 amide bonds. The maximum absolute atomic E-state index is 12.5. The van der Waals surface area contributed by atoms with E-state index in [1.807, 2.05) is 6.92 Å². The van der Waals surface area contributed by atoms with Gasteiger partial charge in [-0.15, -0.1) is 5.10 Å². The van der Waals surface area contributed by atoms with E-state index >= 15 is 0 Å². The molecule has 0 bridgehead atoms. The summed E-state index contributed by atoms with van der Waals surface area (Å²) >= 11 is 0.948. The maximum atomic E-state index is 12.5. The molecular formula is C11H15N3O5S2. The zero-order chi connectivity index (χ0) is 15.6. The Kier molecular flexibility index (Phi) is 4.57. The van der Waals surface area contributed by atoms with E-state index in [1.165, 1.54) is 4.90 Å². The van der Waals surface area contributed by atoms with Crippen molar-refractivity contribution in [3.05, 3.63) is 10.6 Å². The van der Waals surface area contributed by atoms with Crippen molar-refractivity contribution >= 4 is 33.2 Å². The van der Waals surface area contributed by atoms with E-state index in [0.29, 0.717) is 17.0 Å². The molecule has 1 aromatic rings. The summed E-state index contributed by atoms with van der Waals surface area (Å²) in [6.45, 7) is 1.84. The number of amides is 1. The third-order valence-electron chi connectivity index (χ3n) is 3.29. The number of carboxylic acids is 1. The Balaban J connectivity index is 2.27. The summed E-state index contributed by atoms with van der Waals surface area (Å²) in [5, 5.41) is 12.8. The highest BCUT2D eigenvalue weighted by Crippen LogP contribution is 2.21. The monoisotopic (exact) mass is 333 g/mol. The topological polar surface area (TPSA) is 118 Å². The molecule has 8 nitrogen and oxygen atoms in total. The number of rotatable bonds is 4. The first-order valence-electron chi connectivity index (χ1n) is 6.38. The van der Waals surface area contributed by atoms with Gasteiger partial charge in [0.15, 0.2) is 9.84 Å². The van der Waals surface area contributed by atoms with Crippen molar-refractivity contribution in [1.29, 1.82) is 0 Å². The second-order valence-corrected chi connectivity index (χ2v) is 7.75. The minimum Gasteiger partial charge on any atom is -0.481 e. The number of sulfone groups is 1. The number of hydrogen-bond donors (Lipinski definition) is 1. The van der Waals surface area contributed by atoms with E-state index in [9.17, 15) is 18.0 Å². The average molecular weight is 333 g/mol. The molecule has 21 heavy (non-hydrogen) atoms. The number of aryl methyl sites for hydroxylation is 1. The predicted molar refractivity (Wildman–Crippen MR) is 75.0 cm³/mol. The number of carbonyl (C=O) groups is 2. The van der Waals surface area contributed by atoms with Gasteiger partial charge in [-0.2, -0.15) is 0 Å². The Bertz CT molecular complexity index is 655. The van der Waals surface area contributed by atoms with Crippen molar-refractivity contribution in [3.8, 4) is 0 Å². The Morgan fingerprint density at radius 2 is 2.19 bits per heavy atom. The molecule has 116 valence electrons. The zero-order valence-corrected chi connectivity index (χ0v) is 13.0. The van der Waals surface area contributed by atoms with Gasteiger partial charge in [0.25, 0.3) is 5.91 Å². The van der Waals surface area contributed by atoms with E-state index in [-0.39, 0.29) is 24.0 Å². The highest BCUT2D eigenvalue weighted by atomic mass is 32.2. The van der Waals surface area contributed by atoms with Crippen molar-refractivity contribution in [3.63, 3.8) is 0 Å². The smallest absolute Gasteiger partial charge is 0.305 e. The molecule has 1 fully saturated rings. The van der Waals surface area contributed by atoms with Gasteiger partial charge in [0.2, 0.25) is 0 Å². The highest BCUT2D eigenvalue weighted by molar-refractivity contribution is 7.91. The lowest BCUT2D eigenvalue weighted by molar-refractivity contribution is -0.138. The van der Waals surface area contributed by atoms with Crippen LogP contribution in [0.5, 0.6) is 0 Å². The quantitative estimate of drug-likeness (QED) is 0.811. The number of nitrogens with zero attached hydrogens (tertiary/aromatic N) is 3. The first-order chi connectivity index (χ1) is 9.84. The van der Waals surface area contributed by atoms with Crippen LogP contribution in [0, 0.1) is 0 Å². The Morgan fingerprint density at radius 1 is 1.48 bits per heavy atom. The van der Waals surface area contributed by atoms with Gasteiger partial charge in [0.1, 0.15) is 4.88 Å². The van der Waals surface area contributed by atoms with E-state index in [2.05, 4.69) is 9.59 Å². The molecule has 0 saturated carbocycles. The van der Waals surface area contributed by atoms with Crippen molar-refractivity contribution in [2.75, 3.05) is 18.1 Å². The zero-order valence-electron chi connectivity index (χ0n) is 11.4. The number of carboxylic acid groups (broad SMARTS) is 1. The van der Waals surface area contributed by atoms with Gasteiger partial charge in [-0.25, -0.2) is 8.42 Å². The van der Waals surface area contributed by atoms with Crippen LogP contribution in [-0.4, -0.2) is 64.0 Å². The van der Waals surface area contributed by atoms with Gasteiger partial charge >= 0.3 is 5.97 Å². The molecular weight excluding hydrogens is 318 g/mol. The summed E-state index contributed by atoms with van der Waals surface area (Å²) in [7, 11) is -3.31. The van der Waals surface area contributed by atoms with E-state index in [1.54, 1.807) is 0 Å². The van der Waals surface area contributed by atoms with Crippen LogP contribution in [0.25, 0.3) is 0 Å². The van der Waals surface area contributed by atoms with Crippen molar-refractivity contribution in [1.82, 2.24) is 14.5 Å². The molecule has 0 aromatic carbocycles. The summed E-state index contributed by atoms with van der Waals surface area (Å²) in [6.07, 6.45) is 0.145. The van der Waals surface area contributed by atoms with Gasteiger partial charge in [0.05, 0.1) is 29.7 Å². The number of hydrogen-bond acceptors (Lipinski definition) is 7. The van der Waals surface area contributed by atoms with Gasteiger partial charge in [-0.1, -0.05) is 11.4 Å². The lowest BCUT2D eigenvalue weighted by Crippen LogP contribution is -2.52. The van der Waals surface area contributed by atoms with Crippen LogP contribution in [0.15, 0.2) is 0 Å². The number of aromatic nitrogens is 2. The fourth-order valence-electron chi connectivity index (χ4n) is 2.26. The normalized spacial score (nSPS) is 21.2. The summed E-state index contributed by atoms with van der Waals surface area (Å²) in [5.41, 5.74) is 0.549. The fourth-order valence-corrected chi connectivity index (χ4v) is 4.49. The summed E-state index contributed by atoms with van der Waals surface area (Å²) in [5.74, 6) is -1.99. The first-order valence-corrected chi connectivity index (χ1v) is 8.98. The molecule has 0 radical (unpaired) electrons. The molecule has 1 atom stereocenters. The van der Waals surface area contributed by atoms with Gasteiger partial charge in [-0.3, -0.25) is 9.59 Å². The molecule has 1 N–H and O–H groups in total. The predicted octanol–water partition coefficient (Wildman–Crippen LogP) is -0.186. The Hall–Kier alpha value is -1.55. The number of aliphatic carboxylic acids is 1. The van der Waals surface area contributed by atoms with Gasteiger partial charge < -0.3 is 10.0 Å². The standard InChI is InChI=1S/C11H15N3O5S2/c1-2-8-10(20-13-12-8)11(17)14-3-4-21(18,19)6-7(14)5-9(15)16/h7H,2-6H2,1H3,(H,15,16). The molecule has 2 heterocycles. The molecule has 2 rings (SSSR count). The van der Waals surface area contributed by atoms with Crippen molar-refractivity contribution in [2.45, 2.75) is 25.8 Å². The molecule has 1 aliphatic rings. The van der Waals surface area contributed by atoms with Crippen LogP contribution in [0.2, 0.25) is 0 Å². The van der Waals surface area contributed by atoms with Crippen LogP contribution in [-0.2, 0) is 21.1 Å². The molecule has 0 spiro atoms. The lowest BCUT2D eigenvalue weighted by atomic mass is 10.1. The van der Waals surface area contributed by atoms with E-state index in [0.717, 1.165) is 11.5 Å². The Labute approximate surface area is 125 Å². The summed E-state index contributed by atoms with van der Waals surface area (Å²) in [4.78, 5) is 25.1. The second-order valence-electron chi connectivity index (χ2n) is 4.77. The largest absolute Gasteiger partial charge is 0.481 e. The second kappa shape index (κ2) is 6.06. The fraction of sp³-hybridized carbons (Fsp3) is 0.636. The van der Waals surface area contributed by atoms with E-state index < -0.39 is 28.3 Å². The van der Waals surface area contributed by atoms with Crippen LogP contribution >= 0.6 is 11.5 Å². The minimum atomic E-state index is -3.31. The van der Waals surface area contributed by atoms with Gasteiger partial charge in [0, 0.05) is 6.54 Å². The molecule has 10 heteroatoms. The SMILES string of the molecule is CCc1nnsc1C(=O)N1CCS(=O)(=O)CC1CC(=O)O. The third kappa shape index (κ3) is 3.56. The van der Waals surface area contributed by atoms with Crippen LogP contribution < -0.4 is 0 Å². The van der Waals surface area contributed by atoms with Gasteiger partial charge in [-0.05, 0) is 18.0 Å². The summed E-state index contributed by atoms with van der Waals surface area (Å²) in [6, 6.07) is -0.847. The summed E-state index contributed by atoms with van der Waals surface area (Å²) < 4.78 is 27.1. The van der Waals surface area contributed by atoms with Crippen molar-refractivity contribution in [2.24, 2.45) is 0 Å². The molecule has 1 aromatic heterocycles. The Morgan fingerprint density at radius 3 is 2.81 bits per heavy atom. The lowest BCUT2D eigenvalue weighted by Gasteiger charge is -2.34. The molecule has 0 aliphatic carbocycles. The van der Waals surface area contributed by atoms with Crippen molar-refractivity contribution < 1.29 is 23.1 Å². The van der Waals surface area contributed by atoms with Crippen LogP contribution in [0.1, 0.15) is 28.7 Å².